The minimum Gasteiger partial charge on any atom is -0.345 e. The van der Waals surface area contributed by atoms with E-state index in [-0.39, 0.29) is 4.90 Å². The number of fused-ring (bicyclic) bond motifs is 1. The zero-order valence-electron chi connectivity index (χ0n) is 13.6. The van der Waals surface area contributed by atoms with Crippen molar-refractivity contribution in [3.63, 3.8) is 0 Å². The number of piperazine rings is 1. The summed E-state index contributed by atoms with van der Waals surface area (Å²) >= 11 is 7.56. The molecule has 1 aliphatic rings. The van der Waals surface area contributed by atoms with Crippen LogP contribution in [-0.2, 0) is 10.0 Å². The van der Waals surface area contributed by atoms with E-state index in [0.29, 0.717) is 31.2 Å². The molecule has 0 amide bonds. The Balaban J connectivity index is 1.51. The summed E-state index contributed by atoms with van der Waals surface area (Å²) in [7, 11) is -3.69. The van der Waals surface area contributed by atoms with E-state index in [2.05, 4.69) is 9.88 Å². The van der Waals surface area contributed by atoms with E-state index in [1.54, 1.807) is 6.07 Å². The van der Waals surface area contributed by atoms with Gasteiger partial charge in [-0.25, -0.2) is 17.8 Å². The molecule has 1 fully saturated rings. The van der Waals surface area contributed by atoms with Crippen molar-refractivity contribution in [1.82, 2.24) is 9.29 Å². The lowest BCUT2D eigenvalue weighted by molar-refractivity contribution is 0.384. The van der Waals surface area contributed by atoms with E-state index < -0.39 is 15.8 Å². The van der Waals surface area contributed by atoms with Gasteiger partial charge in [0.05, 0.1) is 15.1 Å². The lowest BCUT2D eigenvalue weighted by atomic mass is 10.3. The summed E-state index contributed by atoms with van der Waals surface area (Å²) < 4.78 is 41.1. The zero-order chi connectivity index (χ0) is 18.3. The molecule has 4 rings (SSSR count). The van der Waals surface area contributed by atoms with E-state index in [0.717, 1.165) is 21.4 Å². The minimum atomic E-state index is -3.69. The molecular formula is C17H15ClFN3O2S2. The number of sulfonamides is 1. The smallest absolute Gasteiger partial charge is 0.243 e. The van der Waals surface area contributed by atoms with E-state index in [1.807, 2.05) is 12.1 Å². The molecule has 0 radical (unpaired) electrons. The van der Waals surface area contributed by atoms with Crippen molar-refractivity contribution >= 4 is 48.3 Å². The first-order valence-electron chi connectivity index (χ1n) is 8.00. The number of hydrogen-bond donors (Lipinski definition) is 0. The summed E-state index contributed by atoms with van der Waals surface area (Å²) in [5, 5.41) is 1.52. The molecule has 9 heteroatoms. The molecule has 0 unspecified atom stereocenters. The van der Waals surface area contributed by atoms with Crippen LogP contribution in [0.5, 0.6) is 0 Å². The average molecular weight is 412 g/mol. The van der Waals surface area contributed by atoms with Crippen LogP contribution in [0, 0.1) is 5.82 Å². The van der Waals surface area contributed by atoms with Crippen LogP contribution in [0.3, 0.4) is 0 Å². The average Bonchev–Trinajstić information content (AvgIpc) is 3.05. The van der Waals surface area contributed by atoms with Gasteiger partial charge in [0.2, 0.25) is 10.0 Å². The fraction of sp³-hybridized carbons (Fsp3) is 0.235. The molecule has 2 aromatic carbocycles. The number of halogens is 2. The highest BCUT2D eigenvalue weighted by molar-refractivity contribution is 7.89. The standard InChI is InChI=1S/C17H15ClFN3O2S2/c18-12-4-5-15-16(10-12)25-17(20-15)21-6-8-22(9-7-21)26(23,24)14-3-1-2-13(19)11-14/h1-5,10-11H,6-9H2. The van der Waals surface area contributed by atoms with Gasteiger partial charge in [-0.05, 0) is 36.4 Å². The Hall–Kier alpha value is -1.74. The van der Waals surface area contributed by atoms with Gasteiger partial charge >= 0.3 is 0 Å². The highest BCUT2D eigenvalue weighted by atomic mass is 35.5. The van der Waals surface area contributed by atoms with Crippen LogP contribution >= 0.6 is 22.9 Å². The first-order chi connectivity index (χ1) is 12.4. The molecule has 5 nitrogen and oxygen atoms in total. The summed E-state index contributed by atoms with van der Waals surface area (Å²) in [5.41, 5.74) is 0.879. The maximum absolute atomic E-state index is 13.4. The Morgan fingerprint density at radius 3 is 2.58 bits per heavy atom. The van der Waals surface area contributed by atoms with Gasteiger partial charge in [-0.1, -0.05) is 29.0 Å². The molecule has 26 heavy (non-hydrogen) atoms. The Morgan fingerprint density at radius 2 is 1.85 bits per heavy atom. The molecule has 0 atom stereocenters. The highest BCUT2D eigenvalue weighted by Crippen LogP contribution is 2.31. The van der Waals surface area contributed by atoms with Crippen molar-refractivity contribution in [2.75, 3.05) is 31.1 Å². The van der Waals surface area contributed by atoms with Gasteiger partial charge in [-0.2, -0.15) is 4.31 Å². The van der Waals surface area contributed by atoms with Crippen molar-refractivity contribution in [2.24, 2.45) is 0 Å². The first-order valence-corrected chi connectivity index (χ1v) is 10.6. The lowest BCUT2D eigenvalue weighted by Crippen LogP contribution is -2.48. The van der Waals surface area contributed by atoms with Crippen LogP contribution in [0.4, 0.5) is 9.52 Å². The van der Waals surface area contributed by atoms with Gasteiger partial charge in [-0.3, -0.25) is 0 Å². The number of thiazole rings is 1. The molecule has 1 saturated heterocycles. The van der Waals surface area contributed by atoms with E-state index >= 15 is 0 Å². The van der Waals surface area contributed by atoms with Gasteiger partial charge < -0.3 is 4.90 Å². The first kappa shape index (κ1) is 17.7. The minimum absolute atomic E-state index is 0.0134. The van der Waals surface area contributed by atoms with Gasteiger partial charge in [0.1, 0.15) is 5.82 Å². The number of rotatable bonds is 3. The monoisotopic (exact) mass is 411 g/mol. The molecular weight excluding hydrogens is 397 g/mol. The maximum Gasteiger partial charge on any atom is 0.243 e. The number of aromatic nitrogens is 1. The van der Waals surface area contributed by atoms with Crippen molar-refractivity contribution < 1.29 is 12.8 Å². The second-order valence-corrected chi connectivity index (χ2v) is 9.34. The van der Waals surface area contributed by atoms with Crippen molar-refractivity contribution in [1.29, 1.82) is 0 Å². The Kier molecular flexibility index (Phi) is 4.60. The molecule has 1 aliphatic heterocycles. The molecule has 0 bridgehead atoms. The number of benzene rings is 2. The predicted molar refractivity (Wildman–Crippen MR) is 102 cm³/mol. The third-order valence-electron chi connectivity index (χ3n) is 4.28. The molecule has 2 heterocycles. The summed E-state index contributed by atoms with van der Waals surface area (Å²) in [6.45, 7) is 1.72. The Morgan fingerprint density at radius 1 is 1.08 bits per heavy atom. The fourth-order valence-electron chi connectivity index (χ4n) is 2.92. The third kappa shape index (κ3) is 3.29. The largest absolute Gasteiger partial charge is 0.345 e. The van der Waals surface area contributed by atoms with Crippen LogP contribution < -0.4 is 4.90 Å². The lowest BCUT2D eigenvalue weighted by Gasteiger charge is -2.33. The Labute approximate surface area is 159 Å². The SMILES string of the molecule is O=S(=O)(c1cccc(F)c1)N1CCN(c2nc3ccc(Cl)cc3s2)CC1. The summed E-state index contributed by atoms with van der Waals surface area (Å²) in [4.78, 5) is 6.66. The predicted octanol–water partition coefficient (Wildman–Crippen LogP) is 3.60. The van der Waals surface area contributed by atoms with Crippen LogP contribution in [0.1, 0.15) is 0 Å². The molecule has 136 valence electrons. The van der Waals surface area contributed by atoms with E-state index in [1.165, 1.54) is 33.8 Å². The quantitative estimate of drug-likeness (QED) is 0.660. The van der Waals surface area contributed by atoms with Crippen LogP contribution in [0.25, 0.3) is 10.2 Å². The molecule has 0 N–H and O–H groups in total. The van der Waals surface area contributed by atoms with Crippen molar-refractivity contribution in [2.45, 2.75) is 4.90 Å². The molecule has 3 aromatic rings. The van der Waals surface area contributed by atoms with Crippen LogP contribution in [-0.4, -0.2) is 43.9 Å². The van der Waals surface area contributed by atoms with Gasteiger partial charge in [-0.15, -0.1) is 0 Å². The fourth-order valence-corrected chi connectivity index (χ4v) is 5.67. The van der Waals surface area contributed by atoms with Crippen LogP contribution in [0.2, 0.25) is 5.02 Å². The normalized spacial score (nSPS) is 16.3. The Bertz CT molecular complexity index is 1060. The van der Waals surface area contributed by atoms with E-state index in [4.69, 9.17) is 11.6 Å². The number of anilines is 1. The van der Waals surface area contributed by atoms with Gasteiger partial charge in [0.25, 0.3) is 0 Å². The van der Waals surface area contributed by atoms with Gasteiger partial charge in [0.15, 0.2) is 5.13 Å². The molecule has 0 saturated carbocycles. The second kappa shape index (κ2) is 6.77. The summed E-state index contributed by atoms with van der Waals surface area (Å²) in [6, 6.07) is 10.7. The molecule has 0 spiro atoms. The van der Waals surface area contributed by atoms with Gasteiger partial charge in [0, 0.05) is 31.2 Å². The third-order valence-corrected chi connectivity index (χ3v) is 7.49. The number of nitrogens with zero attached hydrogens (tertiary/aromatic N) is 3. The zero-order valence-corrected chi connectivity index (χ0v) is 16.0. The molecule has 1 aromatic heterocycles. The topological polar surface area (TPSA) is 53.5 Å². The number of hydrogen-bond acceptors (Lipinski definition) is 5. The highest BCUT2D eigenvalue weighted by Gasteiger charge is 2.29. The van der Waals surface area contributed by atoms with Crippen molar-refractivity contribution in [3.8, 4) is 0 Å². The molecule has 0 aliphatic carbocycles. The summed E-state index contributed by atoms with van der Waals surface area (Å²) in [6.07, 6.45) is 0. The van der Waals surface area contributed by atoms with Crippen molar-refractivity contribution in [3.05, 3.63) is 53.3 Å². The summed E-state index contributed by atoms with van der Waals surface area (Å²) in [5.74, 6) is -0.558. The van der Waals surface area contributed by atoms with Crippen LogP contribution in [0.15, 0.2) is 47.4 Å². The van der Waals surface area contributed by atoms with E-state index in [9.17, 15) is 12.8 Å². The maximum atomic E-state index is 13.4. The second-order valence-electron chi connectivity index (χ2n) is 5.96.